The van der Waals surface area contributed by atoms with Crippen molar-refractivity contribution in [3.63, 3.8) is 0 Å². The van der Waals surface area contributed by atoms with Gasteiger partial charge in [0.05, 0.1) is 34.4 Å². The molecule has 5 heterocycles. The number of likely N-dealkylation sites (tertiary alicyclic amines) is 1. The highest BCUT2D eigenvalue weighted by atomic mass is 32.1. The van der Waals surface area contributed by atoms with Gasteiger partial charge in [0.1, 0.15) is 16.9 Å². The number of amides is 1. The molecule has 2 N–H and O–H groups in total. The van der Waals surface area contributed by atoms with Crippen LogP contribution in [0.3, 0.4) is 0 Å². The molecule has 8 rings (SSSR count). The molecule has 3 atom stereocenters. The summed E-state index contributed by atoms with van der Waals surface area (Å²) in [6.07, 6.45) is 6.42. The second-order valence-corrected chi connectivity index (χ2v) is 12.4. The lowest BCUT2D eigenvalue weighted by atomic mass is 10.1. The molecule has 3 aliphatic rings. The lowest BCUT2D eigenvalue weighted by Gasteiger charge is -2.27. The lowest BCUT2D eigenvalue weighted by Crippen LogP contribution is -2.41. The number of hydrogen-bond donors (Lipinski definition) is 1. The number of thiazole rings is 1. The van der Waals surface area contributed by atoms with Crippen LogP contribution in [0.1, 0.15) is 36.0 Å². The summed E-state index contributed by atoms with van der Waals surface area (Å²) >= 11 is 1.59. The van der Waals surface area contributed by atoms with Gasteiger partial charge in [-0.05, 0) is 67.9 Å². The standard InChI is InChI=1S/C30H31N7O2S/c1-35-27-21(9-19(11-24(27)39-2)30(38)37-14-18-6-8-22(37)26(18)31)34-29(35)23-10-17-5-7-20(25-12-32-15-40-25)33-28(17)36(23)13-16-3-4-16/h5,7,9-12,15-16,18,22,26H,3-4,6,8,13-14,31H2,1-2H3. The molecule has 204 valence electrons. The fraction of sp³-hybridized carbons (Fsp3) is 0.400. The van der Waals surface area contributed by atoms with Crippen LogP contribution in [-0.2, 0) is 13.6 Å². The molecule has 9 nitrogen and oxygen atoms in total. The highest BCUT2D eigenvalue weighted by Crippen LogP contribution is 2.40. The molecular formula is C30H31N7O2S. The van der Waals surface area contributed by atoms with Gasteiger partial charge in [0.2, 0.25) is 0 Å². The van der Waals surface area contributed by atoms with Crippen LogP contribution in [0.5, 0.6) is 5.75 Å². The summed E-state index contributed by atoms with van der Waals surface area (Å²) in [4.78, 5) is 31.1. The summed E-state index contributed by atoms with van der Waals surface area (Å²) in [7, 11) is 3.67. The van der Waals surface area contributed by atoms with Crippen molar-refractivity contribution in [2.45, 2.75) is 44.3 Å². The number of imidazole rings is 1. The summed E-state index contributed by atoms with van der Waals surface area (Å²) in [6, 6.07) is 10.4. The first-order valence-electron chi connectivity index (χ1n) is 14.0. The number of hydrogen-bond acceptors (Lipinski definition) is 7. The predicted octanol–water partition coefficient (Wildman–Crippen LogP) is 4.69. The molecular weight excluding hydrogens is 522 g/mol. The van der Waals surface area contributed by atoms with Gasteiger partial charge in [-0.1, -0.05) is 0 Å². The number of benzene rings is 1. The van der Waals surface area contributed by atoms with E-state index < -0.39 is 0 Å². The largest absolute Gasteiger partial charge is 0.494 e. The maximum absolute atomic E-state index is 13.6. The van der Waals surface area contributed by atoms with Crippen molar-refractivity contribution in [3.05, 3.63) is 47.6 Å². The van der Waals surface area contributed by atoms with Gasteiger partial charge in [-0.2, -0.15) is 0 Å². The molecule has 3 fully saturated rings. The zero-order valence-corrected chi connectivity index (χ0v) is 23.4. The molecule has 1 aliphatic heterocycles. The monoisotopic (exact) mass is 553 g/mol. The molecule has 1 aromatic carbocycles. The van der Waals surface area contributed by atoms with Gasteiger partial charge in [0.15, 0.2) is 5.82 Å². The van der Waals surface area contributed by atoms with E-state index in [1.54, 1.807) is 18.4 Å². The van der Waals surface area contributed by atoms with Crippen molar-refractivity contribution in [1.82, 2.24) is 29.0 Å². The van der Waals surface area contributed by atoms with Gasteiger partial charge < -0.3 is 24.5 Å². The van der Waals surface area contributed by atoms with Crippen LogP contribution >= 0.6 is 11.3 Å². The first-order chi connectivity index (χ1) is 19.5. The van der Waals surface area contributed by atoms with Gasteiger partial charge in [-0.3, -0.25) is 9.78 Å². The SMILES string of the molecule is COc1cc(C(=O)N2CC3CCC2C3N)cc2nc(-c3cc4ccc(-c5cncs5)nc4n3CC3CC3)n(C)c12. The number of pyridine rings is 1. The first kappa shape index (κ1) is 24.1. The van der Waals surface area contributed by atoms with Crippen molar-refractivity contribution < 1.29 is 9.53 Å². The van der Waals surface area contributed by atoms with E-state index in [4.69, 9.17) is 20.4 Å². The van der Waals surface area contributed by atoms with Crippen molar-refractivity contribution >= 4 is 39.3 Å². The number of aromatic nitrogens is 5. The molecule has 2 bridgehead atoms. The average molecular weight is 554 g/mol. The predicted molar refractivity (Wildman–Crippen MR) is 155 cm³/mol. The van der Waals surface area contributed by atoms with Crippen LogP contribution in [0.4, 0.5) is 0 Å². The van der Waals surface area contributed by atoms with Gasteiger partial charge in [-0.15, -0.1) is 11.3 Å². The van der Waals surface area contributed by atoms with Crippen LogP contribution in [0.25, 0.3) is 44.2 Å². The minimum atomic E-state index is 0.0118. The smallest absolute Gasteiger partial charge is 0.254 e. The number of carbonyl (C=O) groups is 1. The Balaban J connectivity index is 1.25. The van der Waals surface area contributed by atoms with Crippen molar-refractivity contribution in [2.24, 2.45) is 24.6 Å². The van der Waals surface area contributed by atoms with Crippen LogP contribution in [0, 0.1) is 11.8 Å². The zero-order valence-electron chi connectivity index (χ0n) is 22.6. The molecule has 0 radical (unpaired) electrons. The summed E-state index contributed by atoms with van der Waals surface area (Å²) < 4.78 is 10.2. The second kappa shape index (κ2) is 8.87. The number of nitrogens with zero attached hydrogens (tertiary/aromatic N) is 6. The number of aryl methyl sites for hydroxylation is 1. The summed E-state index contributed by atoms with van der Waals surface area (Å²) in [6.45, 7) is 1.64. The third-order valence-electron chi connectivity index (χ3n) is 9.11. The Bertz CT molecular complexity index is 1790. The Morgan fingerprint density at radius 2 is 2.02 bits per heavy atom. The molecule has 10 heteroatoms. The number of carbonyl (C=O) groups excluding carboxylic acids is 1. The Hall–Kier alpha value is -3.76. The van der Waals surface area contributed by atoms with Crippen LogP contribution in [0.15, 0.2) is 42.0 Å². The van der Waals surface area contributed by atoms with Gasteiger partial charge >= 0.3 is 0 Å². The van der Waals surface area contributed by atoms with E-state index in [0.29, 0.717) is 23.1 Å². The minimum Gasteiger partial charge on any atom is -0.494 e. The Morgan fingerprint density at radius 1 is 1.15 bits per heavy atom. The summed E-state index contributed by atoms with van der Waals surface area (Å²) in [5, 5.41) is 1.08. The Morgan fingerprint density at radius 3 is 2.73 bits per heavy atom. The van der Waals surface area contributed by atoms with E-state index in [-0.39, 0.29) is 18.0 Å². The molecule has 2 aliphatic carbocycles. The molecule has 40 heavy (non-hydrogen) atoms. The van der Waals surface area contributed by atoms with Crippen molar-refractivity contribution in [2.75, 3.05) is 13.7 Å². The van der Waals surface area contributed by atoms with E-state index >= 15 is 0 Å². The Kier molecular flexibility index (Phi) is 5.34. The topological polar surface area (TPSA) is 104 Å². The van der Waals surface area contributed by atoms with E-state index in [2.05, 4.69) is 32.3 Å². The van der Waals surface area contributed by atoms with E-state index in [9.17, 15) is 4.79 Å². The minimum absolute atomic E-state index is 0.0118. The summed E-state index contributed by atoms with van der Waals surface area (Å²) in [5.74, 6) is 2.54. The fourth-order valence-corrected chi connectivity index (χ4v) is 7.39. The Labute approximate surface area is 235 Å². The lowest BCUT2D eigenvalue weighted by molar-refractivity contribution is 0.0700. The zero-order chi connectivity index (χ0) is 27.1. The third-order valence-corrected chi connectivity index (χ3v) is 9.91. The van der Waals surface area contributed by atoms with Gasteiger partial charge in [0, 0.05) is 49.4 Å². The highest BCUT2D eigenvalue weighted by Gasteiger charge is 2.47. The summed E-state index contributed by atoms with van der Waals surface area (Å²) in [5.41, 5.74) is 13.4. The highest BCUT2D eigenvalue weighted by molar-refractivity contribution is 7.13. The average Bonchev–Trinajstić information content (AvgIpc) is 3.34. The number of methoxy groups -OCH3 is 1. The molecule has 5 aromatic rings. The quantitative estimate of drug-likeness (QED) is 0.327. The van der Waals surface area contributed by atoms with E-state index in [1.165, 1.54) is 12.8 Å². The van der Waals surface area contributed by atoms with Gasteiger partial charge in [-0.25, -0.2) is 9.97 Å². The van der Waals surface area contributed by atoms with Crippen LogP contribution in [0.2, 0.25) is 0 Å². The maximum atomic E-state index is 13.6. The van der Waals surface area contributed by atoms with Crippen molar-refractivity contribution in [3.8, 4) is 27.8 Å². The molecule has 4 aromatic heterocycles. The normalized spacial score (nSPS) is 22.2. The molecule has 0 spiro atoms. The number of rotatable bonds is 6. The number of ether oxygens (including phenoxy) is 1. The third kappa shape index (κ3) is 3.62. The van der Waals surface area contributed by atoms with Crippen molar-refractivity contribution in [1.29, 1.82) is 0 Å². The fourth-order valence-electron chi connectivity index (χ4n) is 6.80. The molecule has 2 saturated carbocycles. The molecule has 1 amide bonds. The first-order valence-corrected chi connectivity index (χ1v) is 14.9. The maximum Gasteiger partial charge on any atom is 0.254 e. The van der Waals surface area contributed by atoms with Gasteiger partial charge in [0.25, 0.3) is 5.91 Å². The molecule has 1 saturated heterocycles. The molecule has 3 unspecified atom stereocenters. The van der Waals surface area contributed by atoms with E-state index in [0.717, 1.165) is 70.1 Å². The second-order valence-electron chi connectivity index (χ2n) is 11.5. The van der Waals surface area contributed by atoms with E-state index in [1.807, 2.05) is 35.8 Å². The van der Waals surface area contributed by atoms with Crippen LogP contribution < -0.4 is 10.5 Å². The number of piperidine rings is 1. The number of nitrogens with two attached hydrogens (primary N) is 1. The number of fused-ring (bicyclic) bond motifs is 4. The van der Waals surface area contributed by atoms with Crippen LogP contribution in [-0.4, -0.2) is 60.6 Å².